The van der Waals surface area contributed by atoms with E-state index in [1.807, 2.05) is 0 Å². The van der Waals surface area contributed by atoms with Crippen molar-refractivity contribution in [3.05, 3.63) is 35.1 Å². The van der Waals surface area contributed by atoms with E-state index >= 15 is 0 Å². The molecule has 0 saturated carbocycles. The predicted molar refractivity (Wildman–Crippen MR) is 78.4 cm³/mol. The average Bonchev–Trinajstić information content (AvgIpc) is 2.48. The SMILES string of the molecule is COCCCCNC(=O)c1cc(C#CCCO)ccc1F. The fraction of sp³-hybridized carbons (Fsp3) is 0.438. The van der Waals surface area contributed by atoms with Crippen molar-refractivity contribution in [2.24, 2.45) is 0 Å². The van der Waals surface area contributed by atoms with E-state index in [1.165, 1.54) is 18.2 Å². The smallest absolute Gasteiger partial charge is 0.254 e. The molecule has 0 unspecified atom stereocenters. The molecule has 0 aromatic heterocycles. The van der Waals surface area contributed by atoms with Gasteiger partial charge in [0, 0.05) is 32.2 Å². The van der Waals surface area contributed by atoms with Gasteiger partial charge in [0.2, 0.25) is 0 Å². The van der Waals surface area contributed by atoms with Gasteiger partial charge in [0.25, 0.3) is 5.91 Å². The number of unbranched alkanes of at least 4 members (excludes halogenated alkanes) is 1. The molecule has 2 N–H and O–H groups in total. The van der Waals surface area contributed by atoms with Gasteiger partial charge in [-0.2, -0.15) is 0 Å². The van der Waals surface area contributed by atoms with Crippen LogP contribution in [0.5, 0.6) is 0 Å². The van der Waals surface area contributed by atoms with Crippen molar-refractivity contribution in [2.45, 2.75) is 19.3 Å². The third-order valence-electron chi connectivity index (χ3n) is 2.74. The average molecular weight is 293 g/mol. The summed E-state index contributed by atoms with van der Waals surface area (Å²) in [6, 6.07) is 4.15. The highest BCUT2D eigenvalue weighted by atomic mass is 19.1. The van der Waals surface area contributed by atoms with Crippen LogP contribution in [0.3, 0.4) is 0 Å². The molecule has 21 heavy (non-hydrogen) atoms. The van der Waals surface area contributed by atoms with Crippen molar-refractivity contribution < 1.29 is 19.0 Å². The second-order valence-corrected chi connectivity index (χ2v) is 4.43. The molecule has 0 heterocycles. The zero-order chi connectivity index (χ0) is 15.5. The van der Waals surface area contributed by atoms with Gasteiger partial charge in [-0.25, -0.2) is 4.39 Å². The molecule has 0 saturated heterocycles. The van der Waals surface area contributed by atoms with Crippen LogP contribution in [0, 0.1) is 17.7 Å². The van der Waals surface area contributed by atoms with Crippen LogP contribution in [0.2, 0.25) is 0 Å². The number of aliphatic hydroxyl groups excluding tert-OH is 1. The largest absolute Gasteiger partial charge is 0.395 e. The summed E-state index contributed by atoms with van der Waals surface area (Å²) in [7, 11) is 1.62. The van der Waals surface area contributed by atoms with E-state index in [2.05, 4.69) is 17.2 Å². The van der Waals surface area contributed by atoms with Crippen LogP contribution in [0.1, 0.15) is 35.2 Å². The quantitative estimate of drug-likeness (QED) is 0.594. The Kier molecular flexibility index (Phi) is 8.10. The van der Waals surface area contributed by atoms with Gasteiger partial charge in [-0.05, 0) is 31.0 Å². The molecule has 0 spiro atoms. The first-order chi connectivity index (χ1) is 10.2. The van der Waals surface area contributed by atoms with Crippen LogP contribution in [-0.2, 0) is 4.74 Å². The fourth-order valence-electron chi connectivity index (χ4n) is 1.67. The molecule has 5 heteroatoms. The van der Waals surface area contributed by atoms with E-state index in [9.17, 15) is 9.18 Å². The molecule has 0 aliphatic carbocycles. The number of rotatable bonds is 7. The van der Waals surface area contributed by atoms with E-state index in [-0.39, 0.29) is 12.2 Å². The van der Waals surface area contributed by atoms with Crippen molar-refractivity contribution >= 4 is 5.91 Å². The van der Waals surface area contributed by atoms with Crippen LogP contribution in [0.15, 0.2) is 18.2 Å². The lowest BCUT2D eigenvalue weighted by Gasteiger charge is -2.06. The number of hydrogen-bond acceptors (Lipinski definition) is 3. The van der Waals surface area contributed by atoms with Crippen LogP contribution < -0.4 is 5.32 Å². The van der Waals surface area contributed by atoms with Gasteiger partial charge in [-0.1, -0.05) is 11.8 Å². The maximum Gasteiger partial charge on any atom is 0.254 e. The standard InChI is InChI=1S/C16H20FNO3/c1-21-11-5-3-9-18-16(20)14-12-13(6-2-4-10-19)7-8-15(14)17/h7-8,12,19H,3-5,9-11H2,1H3,(H,18,20). The number of ether oxygens (including phenoxy) is 1. The van der Waals surface area contributed by atoms with Crippen LogP contribution >= 0.6 is 0 Å². The van der Waals surface area contributed by atoms with Gasteiger partial charge in [0.05, 0.1) is 12.2 Å². The van der Waals surface area contributed by atoms with E-state index < -0.39 is 11.7 Å². The molecule has 0 aliphatic rings. The highest BCUT2D eigenvalue weighted by Crippen LogP contribution is 2.10. The maximum atomic E-state index is 13.7. The first kappa shape index (κ1) is 17.2. The zero-order valence-electron chi connectivity index (χ0n) is 12.1. The lowest BCUT2D eigenvalue weighted by atomic mass is 10.1. The second-order valence-electron chi connectivity index (χ2n) is 4.43. The van der Waals surface area contributed by atoms with Gasteiger partial charge in [-0.3, -0.25) is 4.79 Å². The maximum absolute atomic E-state index is 13.7. The van der Waals surface area contributed by atoms with Gasteiger partial charge in [0.1, 0.15) is 5.82 Å². The van der Waals surface area contributed by atoms with Crippen LogP contribution in [-0.4, -0.2) is 37.9 Å². The Labute approximate surface area is 124 Å². The Bertz CT molecular complexity index is 520. The lowest BCUT2D eigenvalue weighted by molar-refractivity contribution is 0.0947. The third kappa shape index (κ3) is 6.39. The molecule has 0 fully saturated rings. The highest BCUT2D eigenvalue weighted by molar-refractivity contribution is 5.94. The van der Waals surface area contributed by atoms with Crippen LogP contribution in [0.4, 0.5) is 4.39 Å². The molecule has 4 nitrogen and oxygen atoms in total. The van der Waals surface area contributed by atoms with E-state index in [1.54, 1.807) is 7.11 Å². The van der Waals surface area contributed by atoms with Gasteiger partial charge < -0.3 is 15.2 Å². The first-order valence-corrected chi connectivity index (χ1v) is 6.85. The minimum atomic E-state index is -0.572. The van der Waals surface area contributed by atoms with E-state index in [0.717, 1.165) is 12.8 Å². The number of amides is 1. The Morgan fingerprint density at radius 1 is 1.43 bits per heavy atom. The minimum Gasteiger partial charge on any atom is -0.395 e. The van der Waals surface area contributed by atoms with E-state index in [0.29, 0.717) is 25.1 Å². The van der Waals surface area contributed by atoms with Crippen molar-refractivity contribution in [1.82, 2.24) is 5.32 Å². The predicted octanol–water partition coefficient (Wildman–Crippen LogP) is 1.72. The normalized spacial score (nSPS) is 9.86. The number of carbonyl (C=O) groups excluding carboxylic acids is 1. The molecule has 1 aromatic carbocycles. The van der Waals surface area contributed by atoms with Crippen molar-refractivity contribution in [2.75, 3.05) is 26.9 Å². The molecule has 0 atom stereocenters. The molecule has 114 valence electrons. The summed E-state index contributed by atoms with van der Waals surface area (Å²) >= 11 is 0. The summed E-state index contributed by atoms with van der Waals surface area (Å²) in [5, 5.41) is 11.3. The molecular weight excluding hydrogens is 273 g/mol. The lowest BCUT2D eigenvalue weighted by Crippen LogP contribution is -2.25. The number of hydrogen-bond donors (Lipinski definition) is 2. The summed E-state index contributed by atoms with van der Waals surface area (Å²) in [6.45, 7) is 1.09. The van der Waals surface area contributed by atoms with E-state index in [4.69, 9.17) is 9.84 Å². The summed E-state index contributed by atoms with van der Waals surface area (Å²) in [6.07, 6.45) is 1.96. The summed E-state index contributed by atoms with van der Waals surface area (Å²) in [5.41, 5.74) is 0.534. The second kappa shape index (κ2) is 9.92. The molecular formula is C16H20FNO3. The topological polar surface area (TPSA) is 58.6 Å². The van der Waals surface area contributed by atoms with Crippen molar-refractivity contribution in [1.29, 1.82) is 0 Å². The number of benzene rings is 1. The van der Waals surface area contributed by atoms with Gasteiger partial charge in [0.15, 0.2) is 0 Å². The number of halogens is 1. The van der Waals surface area contributed by atoms with Crippen LogP contribution in [0.25, 0.3) is 0 Å². The molecule has 0 radical (unpaired) electrons. The molecule has 1 aromatic rings. The minimum absolute atomic E-state index is 0.0162. The number of nitrogens with one attached hydrogen (secondary N) is 1. The first-order valence-electron chi connectivity index (χ1n) is 6.85. The molecule has 0 aliphatic heterocycles. The Morgan fingerprint density at radius 2 is 2.24 bits per heavy atom. The van der Waals surface area contributed by atoms with Gasteiger partial charge in [-0.15, -0.1) is 0 Å². The van der Waals surface area contributed by atoms with Crippen molar-refractivity contribution in [3.8, 4) is 11.8 Å². The van der Waals surface area contributed by atoms with Crippen molar-refractivity contribution in [3.63, 3.8) is 0 Å². The monoisotopic (exact) mass is 293 g/mol. The summed E-state index contributed by atoms with van der Waals surface area (Å²) in [4.78, 5) is 11.9. The Morgan fingerprint density at radius 3 is 2.95 bits per heavy atom. The Hall–Kier alpha value is -1.90. The Balaban J connectivity index is 2.62. The number of methoxy groups -OCH3 is 1. The van der Waals surface area contributed by atoms with Gasteiger partial charge >= 0.3 is 0 Å². The molecule has 0 bridgehead atoms. The molecule has 1 amide bonds. The summed E-state index contributed by atoms with van der Waals surface area (Å²) in [5.74, 6) is 4.49. The molecule has 1 rings (SSSR count). The summed E-state index contributed by atoms with van der Waals surface area (Å²) < 4.78 is 18.6. The number of carbonyl (C=O) groups is 1. The fourth-order valence-corrected chi connectivity index (χ4v) is 1.67. The zero-order valence-corrected chi connectivity index (χ0v) is 12.1. The third-order valence-corrected chi connectivity index (χ3v) is 2.74. The highest BCUT2D eigenvalue weighted by Gasteiger charge is 2.11. The number of aliphatic hydroxyl groups is 1.